The number of para-hydroxylation sites is 1. The van der Waals surface area contributed by atoms with E-state index in [2.05, 4.69) is 15.3 Å². The van der Waals surface area contributed by atoms with Crippen molar-refractivity contribution < 1.29 is 0 Å². The second kappa shape index (κ2) is 5.50. The number of rotatable bonds is 2. The van der Waals surface area contributed by atoms with E-state index in [1.165, 1.54) is 0 Å². The van der Waals surface area contributed by atoms with Crippen LogP contribution in [0.3, 0.4) is 0 Å². The van der Waals surface area contributed by atoms with Gasteiger partial charge in [0.25, 0.3) is 0 Å². The molecule has 0 atom stereocenters. The summed E-state index contributed by atoms with van der Waals surface area (Å²) in [6.45, 7) is 0. The van der Waals surface area contributed by atoms with Gasteiger partial charge >= 0.3 is 0 Å². The van der Waals surface area contributed by atoms with Crippen LogP contribution in [0.15, 0.2) is 42.5 Å². The van der Waals surface area contributed by atoms with Crippen molar-refractivity contribution >= 4 is 40.1 Å². The predicted octanol–water partition coefficient (Wildman–Crippen LogP) is 2.84. The number of guanidine groups is 1. The highest BCUT2D eigenvalue weighted by molar-refractivity contribution is 6.31. The van der Waals surface area contributed by atoms with E-state index in [4.69, 9.17) is 28.5 Å². The number of halogens is 1. The molecule has 0 saturated heterocycles. The summed E-state index contributed by atoms with van der Waals surface area (Å²) in [5, 5.41) is 11.3. The first-order valence-corrected chi connectivity index (χ1v) is 6.85. The van der Waals surface area contributed by atoms with Crippen LogP contribution in [0.4, 0.5) is 11.6 Å². The Labute approximate surface area is 131 Å². The van der Waals surface area contributed by atoms with Gasteiger partial charge in [-0.2, -0.15) is 0 Å². The minimum Gasteiger partial charge on any atom is -0.398 e. The lowest BCUT2D eigenvalue weighted by atomic mass is 10.0. The number of hydrogen-bond acceptors (Lipinski definition) is 4. The Hall–Kier alpha value is -2.86. The molecular weight excluding hydrogens is 300 g/mol. The molecule has 0 radical (unpaired) electrons. The molecule has 0 amide bonds. The lowest BCUT2D eigenvalue weighted by Crippen LogP contribution is -2.22. The Kier molecular flexibility index (Phi) is 3.52. The number of nitrogens with zero attached hydrogens (tertiary/aromatic N) is 2. The van der Waals surface area contributed by atoms with Crippen LogP contribution >= 0.6 is 11.6 Å². The molecule has 6 nitrogen and oxygen atoms in total. The van der Waals surface area contributed by atoms with Crippen molar-refractivity contribution in [2.75, 3.05) is 11.1 Å². The number of nitrogen functional groups attached to an aromatic ring is 1. The maximum Gasteiger partial charge on any atom is 0.230 e. The van der Waals surface area contributed by atoms with Crippen LogP contribution in [0.1, 0.15) is 0 Å². The number of fused-ring (bicyclic) bond motifs is 1. The fourth-order valence-corrected chi connectivity index (χ4v) is 2.37. The average molecular weight is 313 g/mol. The summed E-state index contributed by atoms with van der Waals surface area (Å²) in [6, 6.07) is 12.7. The molecule has 1 heterocycles. The van der Waals surface area contributed by atoms with Crippen molar-refractivity contribution in [2.45, 2.75) is 0 Å². The molecule has 110 valence electrons. The molecule has 0 unspecified atom stereocenters. The maximum atomic E-state index is 7.33. The van der Waals surface area contributed by atoms with Crippen molar-refractivity contribution in [2.24, 2.45) is 5.73 Å². The van der Waals surface area contributed by atoms with Gasteiger partial charge in [-0.3, -0.25) is 10.7 Å². The molecule has 0 spiro atoms. The number of nitrogens with one attached hydrogen (secondary N) is 2. The van der Waals surface area contributed by atoms with Crippen LogP contribution in [0.25, 0.3) is 22.2 Å². The van der Waals surface area contributed by atoms with Crippen LogP contribution in [-0.2, 0) is 0 Å². The smallest absolute Gasteiger partial charge is 0.230 e. The van der Waals surface area contributed by atoms with Gasteiger partial charge in [-0.15, -0.1) is 0 Å². The highest BCUT2D eigenvalue weighted by atomic mass is 35.5. The maximum absolute atomic E-state index is 7.33. The molecule has 0 bridgehead atoms. The Morgan fingerprint density at radius 2 is 1.91 bits per heavy atom. The summed E-state index contributed by atoms with van der Waals surface area (Å²) >= 11 is 6.09. The fraction of sp³-hybridized carbons (Fsp3) is 0. The van der Waals surface area contributed by atoms with E-state index in [-0.39, 0.29) is 11.9 Å². The van der Waals surface area contributed by atoms with Gasteiger partial charge in [-0.1, -0.05) is 29.8 Å². The first-order chi connectivity index (χ1) is 10.5. The molecule has 0 aliphatic carbocycles. The van der Waals surface area contributed by atoms with E-state index in [0.29, 0.717) is 21.9 Å². The standard InChI is InChI=1S/C15H13ClN6/c16-8-5-6-12-10(7-8)13(9-3-1-2-4-11(9)17)21-15(20-12)22-14(18)19/h1-7H,17H2,(H4,18,19,20,21,22). The summed E-state index contributed by atoms with van der Waals surface area (Å²) < 4.78 is 0. The number of hydrogen-bond donors (Lipinski definition) is 4. The van der Waals surface area contributed by atoms with E-state index in [1.807, 2.05) is 18.2 Å². The van der Waals surface area contributed by atoms with E-state index >= 15 is 0 Å². The molecule has 0 aliphatic heterocycles. The molecule has 22 heavy (non-hydrogen) atoms. The van der Waals surface area contributed by atoms with Crippen LogP contribution < -0.4 is 16.8 Å². The summed E-state index contributed by atoms with van der Waals surface area (Å²) in [4.78, 5) is 8.76. The molecule has 1 aromatic heterocycles. The number of benzene rings is 2. The molecule has 0 saturated carbocycles. The fourth-order valence-electron chi connectivity index (χ4n) is 2.19. The first-order valence-electron chi connectivity index (χ1n) is 6.48. The van der Waals surface area contributed by atoms with Gasteiger partial charge in [0.15, 0.2) is 5.96 Å². The van der Waals surface area contributed by atoms with Crippen LogP contribution in [0, 0.1) is 5.41 Å². The first kappa shape index (κ1) is 14.1. The lowest BCUT2D eigenvalue weighted by molar-refractivity contribution is 1.21. The Balaban J connectivity index is 2.32. The average Bonchev–Trinajstić information content (AvgIpc) is 2.47. The summed E-state index contributed by atoms with van der Waals surface area (Å²) in [7, 11) is 0. The minimum absolute atomic E-state index is 0.236. The van der Waals surface area contributed by atoms with Crippen LogP contribution in [-0.4, -0.2) is 15.9 Å². The monoisotopic (exact) mass is 312 g/mol. The second-order valence-electron chi connectivity index (χ2n) is 4.68. The van der Waals surface area contributed by atoms with Crippen molar-refractivity contribution in [3.63, 3.8) is 0 Å². The topological polar surface area (TPSA) is 114 Å². The molecule has 0 fully saturated rings. The van der Waals surface area contributed by atoms with Gasteiger partial charge in [-0.25, -0.2) is 9.97 Å². The number of anilines is 2. The molecular formula is C15H13ClN6. The molecule has 3 aromatic rings. The van der Waals surface area contributed by atoms with E-state index in [0.717, 1.165) is 10.9 Å². The third-order valence-corrected chi connectivity index (χ3v) is 3.36. The quantitative estimate of drug-likeness (QED) is 0.330. The summed E-state index contributed by atoms with van der Waals surface area (Å²) in [5.74, 6) is 0.000808. The van der Waals surface area contributed by atoms with Crippen molar-refractivity contribution in [3.05, 3.63) is 47.5 Å². The SMILES string of the molecule is N=C(N)Nc1nc(-c2ccccc2N)c2cc(Cl)ccc2n1. The normalized spacial score (nSPS) is 10.6. The van der Waals surface area contributed by atoms with Gasteiger partial charge in [-0.05, 0) is 24.3 Å². The van der Waals surface area contributed by atoms with Crippen LogP contribution in [0.2, 0.25) is 5.02 Å². The highest BCUT2D eigenvalue weighted by Crippen LogP contribution is 2.32. The van der Waals surface area contributed by atoms with Gasteiger partial charge in [0.1, 0.15) is 0 Å². The second-order valence-corrected chi connectivity index (χ2v) is 5.12. The lowest BCUT2D eigenvalue weighted by Gasteiger charge is -2.11. The molecule has 6 N–H and O–H groups in total. The third-order valence-electron chi connectivity index (χ3n) is 3.12. The van der Waals surface area contributed by atoms with E-state index in [1.54, 1.807) is 24.3 Å². The zero-order valence-corrected chi connectivity index (χ0v) is 12.2. The van der Waals surface area contributed by atoms with E-state index in [9.17, 15) is 0 Å². The van der Waals surface area contributed by atoms with Gasteiger partial charge in [0.2, 0.25) is 5.95 Å². The van der Waals surface area contributed by atoms with E-state index < -0.39 is 0 Å². The highest BCUT2D eigenvalue weighted by Gasteiger charge is 2.12. The largest absolute Gasteiger partial charge is 0.398 e. The van der Waals surface area contributed by atoms with Crippen molar-refractivity contribution in [3.8, 4) is 11.3 Å². The number of aromatic nitrogens is 2. The zero-order valence-electron chi connectivity index (χ0n) is 11.5. The zero-order chi connectivity index (χ0) is 15.7. The van der Waals surface area contributed by atoms with Crippen LogP contribution in [0.5, 0.6) is 0 Å². The Bertz CT molecular complexity index is 877. The summed E-state index contributed by atoms with van der Waals surface area (Å²) in [5.41, 5.74) is 14.1. The Morgan fingerprint density at radius 3 is 2.64 bits per heavy atom. The number of nitrogens with two attached hydrogens (primary N) is 2. The molecule has 2 aromatic carbocycles. The van der Waals surface area contributed by atoms with Crippen molar-refractivity contribution in [1.82, 2.24) is 9.97 Å². The van der Waals surface area contributed by atoms with Gasteiger partial charge in [0, 0.05) is 21.7 Å². The predicted molar refractivity (Wildman–Crippen MR) is 89.9 cm³/mol. The molecule has 0 aliphatic rings. The van der Waals surface area contributed by atoms with Crippen molar-refractivity contribution in [1.29, 1.82) is 5.41 Å². The molecule has 7 heteroatoms. The van der Waals surface area contributed by atoms with Gasteiger partial charge < -0.3 is 11.5 Å². The molecule has 3 rings (SSSR count). The third kappa shape index (κ3) is 2.64. The minimum atomic E-state index is -0.236. The van der Waals surface area contributed by atoms with Gasteiger partial charge in [0.05, 0.1) is 11.2 Å². The Morgan fingerprint density at radius 1 is 1.14 bits per heavy atom. The summed E-state index contributed by atoms with van der Waals surface area (Å²) in [6.07, 6.45) is 0.